The van der Waals surface area contributed by atoms with Crippen LogP contribution in [0.5, 0.6) is 0 Å². The van der Waals surface area contributed by atoms with Crippen LogP contribution in [0.15, 0.2) is 41.8 Å². The summed E-state index contributed by atoms with van der Waals surface area (Å²) in [6.45, 7) is 0. The summed E-state index contributed by atoms with van der Waals surface area (Å²) >= 11 is 1.65. The van der Waals surface area contributed by atoms with Gasteiger partial charge in [0.05, 0.1) is 11.1 Å². The number of nitrogens with one attached hydrogen (secondary N) is 1. The van der Waals surface area contributed by atoms with Gasteiger partial charge in [0.1, 0.15) is 5.82 Å². The Balaban J connectivity index is 1.88. The molecule has 0 spiro atoms. The summed E-state index contributed by atoms with van der Waals surface area (Å²) < 4.78 is 13.7. The Bertz CT molecular complexity index is 603. The molecule has 4 heteroatoms. The summed E-state index contributed by atoms with van der Waals surface area (Å²) in [5, 5.41) is 5.10. The average Bonchev–Trinajstić information content (AvgIpc) is 3.10. The van der Waals surface area contributed by atoms with Gasteiger partial charge < -0.3 is 5.32 Å². The van der Waals surface area contributed by atoms with E-state index in [0.717, 1.165) is 25.7 Å². The predicted octanol–water partition coefficient (Wildman–Crippen LogP) is 4.09. The molecule has 1 saturated carbocycles. The Morgan fingerprint density at radius 3 is 2.55 bits per heavy atom. The number of amides is 1. The maximum Gasteiger partial charge on any atom is 0.254 e. The average molecular weight is 289 g/mol. The van der Waals surface area contributed by atoms with Crippen LogP contribution >= 0.6 is 11.3 Å². The third kappa shape index (κ3) is 2.36. The van der Waals surface area contributed by atoms with Crippen LogP contribution < -0.4 is 5.32 Å². The second kappa shape index (κ2) is 5.37. The van der Waals surface area contributed by atoms with Gasteiger partial charge in [0.25, 0.3) is 5.91 Å². The van der Waals surface area contributed by atoms with E-state index in [1.165, 1.54) is 17.0 Å². The topological polar surface area (TPSA) is 29.1 Å². The van der Waals surface area contributed by atoms with Crippen LogP contribution in [0.3, 0.4) is 0 Å². The summed E-state index contributed by atoms with van der Waals surface area (Å²) in [5.74, 6) is -0.789. The summed E-state index contributed by atoms with van der Waals surface area (Å²) in [4.78, 5) is 13.5. The zero-order valence-electron chi connectivity index (χ0n) is 11.1. The van der Waals surface area contributed by atoms with E-state index in [4.69, 9.17) is 0 Å². The first kappa shape index (κ1) is 13.3. The molecule has 0 atom stereocenters. The lowest BCUT2D eigenvalue weighted by molar-refractivity contribution is 0.0896. The molecule has 20 heavy (non-hydrogen) atoms. The van der Waals surface area contributed by atoms with Crippen LogP contribution in [0.4, 0.5) is 4.39 Å². The van der Waals surface area contributed by atoms with Crippen LogP contribution in [0.2, 0.25) is 0 Å². The van der Waals surface area contributed by atoms with Gasteiger partial charge in [-0.2, -0.15) is 0 Å². The number of thiophene rings is 1. The standard InChI is InChI=1S/C16H16FNOS/c17-13-7-2-1-6-12(13)15(19)18-16(9-3-4-10-16)14-8-5-11-20-14/h1-2,5-8,11H,3-4,9-10H2,(H,18,19). The van der Waals surface area contributed by atoms with Gasteiger partial charge in [0.15, 0.2) is 0 Å². The maximum absolute atomic E-state index is 13.7. The second-order valence-electron chi connectivity index (χ2n) is 5.20. The molecule has 0 aliphatic heterocycles. The highest BCUT2D eigenvalue weighted by molar-refractivity contribution is 7.10. The molecule has 1 aliphatic rings. The van der Waals surface area contributed by atoms with Crippen LogP contribution in [0, 0.1) is 5.82 Å². The molecule has 0 radical (unpaired) electrons. The monoisotopic (exact) mass is 289 g/mol. The predicted molar refractivity (Wildman–Crippen MR) is 78.3 cm³/mol. The molecule has 0 bridgehead atoms. The van der Waals surface area contributed by atoms with Crippen molar-refractivity contribution in [3.8, 4) is 0 Å². The van der Waals surface area contributed by atoms with Gasteiger partial charge in [-0.25, -0.2) is 4.39 Å². The number of benzene rings is 1. The smallest absolute Gasteiger partial charge is 0.254 e. The molecule has 0 unspecified atom stereocenters. The molecule has 2 aromatic rings. The van der Waals surface area contributed by atoms with Crippen LogP contribution in [0.25, 0.3) is 0 Å². The van der Waals surface area contributed by atoms with Crippen molar-refractivity contribution in [1.82, 2.24) is 5.32 Å². The fourth-order valence-electron chi connectivity index (χ4n) is 2.89. The van der Waals surface area contributed by atoms with Crippen molar-refractivity contribution < 1.29 is 9.18 Å². The summed E-state index contributed by atoms with van der Waals surface area (Å²) in [7, 11) is 0. The third-order valence-electron chi connectivity index (χ3n) is 3.92. The molecule has 1 aliphatic carbocycles. The summed E-state index contributed by atoms with van der Waals surface area (Å²) in [5.41, 5.74) is -0.191. The highest BCUT2D eigenvalue weighted by atomic mass is 32.1. The first-order chi connectivity index (χ1) is 9.71. The molecule has 3 rings (SSSR count). The van der Waals surface area contributed by atoms with Gasteiger partial charge in [-0.15, -0.1) is 11.3 Å². The molecule has 0 saturated heterocycles. The molecule has 1 aromatic heterocycles. The Labute approximate surface area is 121 Å². The van der Waals surface area contributed by atoms with Crippen molar-refractivity contribution >= 4 is 17.2 Å². The largest absolute Gasteiger partial charge is 0.342 e. The van der Waals surface area contributed by atoms with Crippen LogP contribution in [0.1, 0.15) is 40.9 Å². The number of hydrogen-bond acceptors (Lipinski definition) is 2. The van der Waals surface area contributed by atoms with E-state index >= 15 is 0 Å². The number of rotatable bonds is 3. The SMILES string of the molecule is O=C(NC1(c2cccs2)CCCC1)c1ccccc1F. The zero-order chi connectivity index (χ0) is 14.0. The molecule has 1 fully saturated rings. The quantitative estimate of drug-likeness (QED) is 0.906. The van der Waals surface area contributed by atoms with Crippen molar-refractivity contribution in [2.45, 2.75) is 31.2 Å². The third-order valence-corrected chi connectivity index (χ3v) is 5.00. The molecule has 1 aromatic carbocycles. The molecule has 104 valence electrons. The van der Waals surface area contributed by atoms with Crippen LogP contribution in [-0.2, 0) is 5.54 Å². The van der Waals surface area contributed by atoms with E-state index in [9.17, 15) is 9.18 Å². The van der Waals surface area contributed by atoms with E-state index < -0.39 is 5.82 Å². The zero-order valence-corrected chi connectivity index (χ0v) is 11.9. The van der Waals surface area contributed by atoms with Gasteiger partial charge in [-0.05, 0) is 36.4 Å². The maximum atomic E-state index is 13.7. The Morgan fingerprint density at radius 1 is 1.15 bits per heavy atom. The number of carbonyl (C=O) groups excluding carboxylic acids is 1. The highest BCUT2D eigenvalue weighted by Crippen LogP contribution is 2.41. The fourth-order valence-corrected chi connectivity index (χ4v) is 3.83. The fraction of sp³-hybridized carbons (Fsp3) is 0.312. The number of carbonyl (C=O) groups is 1. The van der Waals surface area contributed by atoms with E-state index in [0.29, 0.717) is 0 Å². The lowest BCUT2D eigenvalue weighted by atomic mass is 9.94. The first-order valence-electron chi connectivity index (χ1n) is 6.82. The molecule has 2 nitrogen and oxygen atoms in total. The molecule has 1 N–H and O–H groups in total. The lowest BCUT2D eigenvalue weighted by Gasteiger charge is -2.29. The van der Waals surface area contributed by atoms with Crippen molar-refractivity contribution in [3.05, 3.63) is 58.0 Å². The van der Waals surface area contributed by atoms with Crippen molar-refractivity contribution in [1.29, 1.82) is 0 Å². The van der Waals surface area contributed by atoms with E-state index in [2.05, 4.69) is 11.4 Å². The Morgan fingerprint density at radius 2 is 1.90 bits per heavy atom. The van der Waals surface area contributed by atoms with E-state index in [-0.39, 0.29) is 17.0 Å². The summed E-state index contributed by atoms with van der Waals surface area (Å²) in [6.07, 6.45) is 4.03. The normalized spacial score (nSPS) is 17.1. The Hall–Kier alpha value is -1.68. The van der Waals surface area contributed by atoms with Gasteiger partial charge in [-0.3, -0.25) is 4.79 Å². The van der Waals surface area contributed by atoms with Gasteiger partial charge in [0.2, 0.25) is 0 Å². The lowest BCUT2D eigenvalue weighted by Crippen LogP contribution is -2.43. The minimum Gasteiger partial charge on any atom is -0.342 e. The van der Waals surface area contributed by atoms with Gasteiger partial charge in [0, 0.05) is 4.88 Å². The van der Waals surface area contributed by atoms with Gasteiger partial charge >= 0.3 is 0 Å². The highest BCUT2D eigenvalue weighted by Gasteiger charge is 2.38. The van der Waals surface area contributed by atoms with E-state index in [1.807, 2.05) is 11.4 Å². The van der Waals surface area contributed by atoms with Crippen molar-refractivity contribution in [3.63, 3.8) is 0 Å². The van der Waals surface area contributed by atoms with Crippen LogP contribution in [-0.4, -0.2) is 5.91 Å². The second-order valence-corrected chi connectivity index (χ2v) is 6.15. The molecule has 1 heterocycles. The number of halogens is 1. The Kier molecular flexibility index (Phi) is 3.57. The molecular weight excluding hydrogens is 273 g/mol. The van der Waals surface area contributed by atoms with Gasteiger partial charge in [-0.1, -0.05) is 31.0 Å². The van der Waals surface area contributed by atoms with E-state index in [1.54, 1.807) is 23.5 Å². The summed E-state index contributed by atoms with van der Waals surface area (Å²) in [6, 6.07) is 10.2. The number of hydrogen-bond donors (Lipinski definition) is 1. The first-order valence-corrected chi connectivity index (χ1v) is 7.70. The minimum absolute atomic E-state index is 0.121. The van der Waals surface area contributed by atoms with Crippen molar-refractivity contribution in [2.75, 3.05) is 0 Å². The molecule has 1 amide bonds. The molecular formula is C16H16FNOS. The van der Waals surface area contributed by atoms with Crippen molar-refractivity contribution in [2.24, 2.45) is 0 Å². The minimum atomic E-state index is -0.468.